The van der Waals surface area contributed by atoms with E-state index in [1.54, 1.807) is 18.3 Å². The van der Waals surface area contributed by atoms with Crippen LogP contribution in [0.25, 0.3) is 10.2 Å². The predicted molar refractivity (Wildman–Crippen MR) is 94.2 cm³/mol. The smallest absolute Gasteiger partial charge is 0.287 e. The van der Waals surface area contributed by atoms with Gasteiger partial charge >= 0.3 is 0 Å². The highest BCUT2D eigenvalue weighted by Crippen LogP contribution is 2.34. The predicted octanol–water partition coefficient (Wildman–Crippen LogP) is 1.81. The molecule has 7 nitrogen and oxygen atoms in total. The Balaban J connectivity index is 1.57. The molecule has 4 rings (SSSR count). The van der Waals surface area contributed by atoms with Crippen molar-refractivity contribution in [2.75, 3.05) is 7.11 Å². The molecule has 0 fully saturated rings. The highest BCUT2D eigenvalue weighted by atomic mass is 32.1. The first-order chi connectivity index (χ1) is 12.2. The van der Waals surface area contributed by atoms with E-state index in [9.17, 15) is 9.59 Å². The summed E-state index contributed by atoms with van der Waals surface area (Å²) in [5, 5.41) is 3.40. The highest BCUT2D eigenvalue weighted by Gasteiger charge is 2.22. The summed E-state index contributed by atoms with van der Waals surface area (Å²) in [5.74, 6) is 0.106. The van der Waals surface area contributed by atoms with E-state index in [2.05, 4.69) is 20.3 Å². The van der Waals surface area contributed by atoms with Crippen molar-refractivity contribution >= 4 is 27.5 Å². The lowest BCUT2D eigenvalue weighted by Crippen LogP contribution is -2.27. The van der Waals surface area contributed by atoms with Crippen LogP contribution in [-0.4, -0.2) is 28.0 Å². The second-order valence-electron chi connectivity index (χ2n) is 5.84. The lowest BCUT2D eigenvalue weighted by Gasteiger charge is -2.06. The zero-order valence-corrected chi connectivity index (χ0v) is 14.4. The van der Waals surface area contributed by atoms with E-state index in [1.807, 2.05) is 0 Å². The maximum Gasteiger partial charge on any atom is 0.287 e. The van der Waals surface area contributed by atoms with Gasteiger partial charge in [-0.25, -0.2) is 9.97 Å². The number of aromatic nitrogens is 3. The number of methoxy groups -OCH3 is 1. The van der Waals surface area contributed by atoms with Crippen LogP contribution >= 0.6 is 11.3 Å². The molecule has 0 saturated heterocycles. The van der Waals surface area contributed by atoms with Crippen LogP contribution < -0.4 is 15.6 Å². The Bertz CT molecular complexity index is 1020. The minimum Gasteiger partial charge on any atom is -0.481 e. The second-order valence-corrected chi connectivity index (χ2v) is 6.92. The first kappa shape index (κ1) is 15.8. The third-order valence-corrected chi connectivity index (χ3v) is 5.44. The van der Waals surface area contributed by atoms with Crippen LogP contribution in [0.5, 0.6) is 5.88 Å². The number of fused-ring (bicyclic) bond motifs is 3. The molecule has 1 amide bonds. The van der Waals surface area contributed by atoms with Gasteiger partial charge in [-0.3, -0.25) is 9.59 Å². The van der Waals surface area contributed by atoms with Gasteiger partial charge in [0.1, 0.15) is 4.83 Å². The van der Waals surface area contributed by atoms with E-state index in [-0.39, 0.29) is 11.4 Å². The zero-order chi connectivity index (χ0) is 17.4. The van der Waals surface area contributed by atoms with Crippen molar-refractivity contribution in [2.24, 2.45) is 0 Å². The summed E-state index contributed by atoms with van der Waals surface area (Å²) in [6.07, 6.45) is 4.59. The quantitative estimate of drug-likeness (QED) is 0.743. The number of nitrogens with zero attached hydrogens (tertiary/aromatic N) is 2. The van der Waals surface area contributed by atoms with Crippen LogP contribution in [0, 0.1) is 0 Å². The Morgan fingerprint density at radius 2 is 2.32 bits per heavy atom. The first-order valence-electron chi connectivity index (χ1n) is 7.97. The molecule has 2 N–H and O–H groups in total. The molecule has 0 bridgehead atoms. The highest BCUT2D eigenvalue weighted by molar-refractivity contribution is 7.18. The van der Waals surface area contributed by atoms with Gasteiger partial charge in [0.25, 0.3) is 11.5 Å². The van der Waals surface area contributed by atoms with Crippen molar-refractivity contribution in [3.05, 3.63) is 50.5 Å². The Labute approximate surface area is 147 Å². The SMILES string of the molecule is COc1cc(CNC(=O)c2nc3sc4c(c3c(=O)[nH]2)CCC4)ccn1. The van der Waals surface area contributed by atoms with Crippen molar-refractivity contribution in [3.8, 4) is 5.88 Å². The van der Waals surface area contributed by atoms with Gasteiger partial charge in [-0.2, -0.15) is 0 Å². The number of nitrogens with one attached hydrogen (secondary N) is 2. The maximum absolute atomic E-state index is 12.4. The molecule has 3 heterocycles. The third-order valence-electron chi connectivity index (χ3n) is 4.25. The van der Waals surface area contributed by atoms with Gasteiger partial charge in [0.2, 0.25) is 11.7 Å². The summed E-state index contributed by atoms with van der Waals surface area (Å²) in [6.45, 7) is 0.292. The number of amides is 1. The summed E-state index contributed by atoms with van der Waals surface area (Å²) in [6, 6.07) is 3.52. The van der Waals surface area contributed by atoms with E-state index in [4.69, 9.17) is 4.74 Å². The molecule has 8 heteroatoms. The van der Waals surface area contributed by atoms with E-state index in [1.165, 1.54) is 23.3 Å². The molecule has 128 valence electrons. The number of carbonyl (C=O) groups is 1. The molecule has 0 unspecified atom stereocenters. The number of aromatic amines is 1. The van der Waals surface area contributed by atoms with Crippen molar-refractivity contribution in [2.45, 2.75) is 25.8 Å². The number of hydrogen-bond donors (Lipinski definition) is 2. The Morgan fingerprint density at radius 3 is 3.16 bits per heavy atom. The fourth-order valence-corrected chi connectivity index (χ4v) is 4.31. The molecule has 0 saturated carbocycles. The molecular weight excluding hydrogens is 340 g/mol. The Hall–Kier alpha value is -2.74. The maximum atomic E-state index is 12.4. The van der Waals surface area contributed by atoms with Crippen LogP contribution in [0.4, 0.5) is 0 Å². The van der Waals surface area contributed by atoms with Gasteiger partial charge in [-0.1, -0.05) is 0 Å². The second kappa shape index (κ2) is 6.29. The topological polar surface area (TPSA) is 97.0 Å². The summed E-state index contributed by atoms with van der Waals surface area (Å²) in [4.78, 5) is 37.6. The van der Waals surface area contributed by atoms with E-state index >= 15 is 0 Å². The average molecular weight is 356 g/mol. The standard InChI is InChI=1S/C17H16N4O3S/c1-24-12-7-9(5-6-18-12)8-19-16(23)14-20-15(22)13-10-3-2-4-11(10)25-17(13)21-14/h5-7H,2-4,8H2,1H3,(H,19,23)(H,20,21,22). The average Bonchev–Trinajstić information content (AvgIpc) is 3.20. The van der Waals surface area contributed by atoms with Crippen LogP contribution in [0.1, 0.15) is 33.0 Å². The minimum absolute atomic E-state index is 0.0402. The van der Waals surface area contributed by atoms with Crippen molar-refractivity contribution in [1.29, 1.82) is 0 Å². The van der Waals surface area contributed by atoms with Crippen LogP contribution in [0.15, 0.2) is 23.1 Å². The molecule has 25 heavy (non-hydrogen) atoms. The van der Waals surface area contributed by atoms with Gasteiger partial charge in [-0.15, -0.1) is 11.3 Å². The molecule has 0 aliphatic heterocycles. The molecule has 3 aromatic rings. The van der Waals surface area contributed by atoms with Gasteiger partial charge in [0.05, 0.1) is 12.5 Å². The van der Waals surface area contributed by atoms with Gasteiger partial charge in [-0.05, 0) is 36.5 Å². The van der Waals surface area contributed by atoms with Crippen molar-refractivity contribution in [3.63, 3.8) is 0 Å². The summed E-state index contributed by atoms with van der Waals surface area (Å²) in [7, 11) is 1.53. The van der Waals surface area contributed by atoms with Crippen molar-refractivity contribution < 1.29 is 9.53 Å². The summed E-state index contributed by atoms with van der Waals surface area (Å²) in [5.41, 5.74) is 1.71. The van der Waals surface area contributed by atoms with E-state index < -0.39 is 5.91 Å². The number of H-pyrrole nitrogens is 1. The number of rotatable bonds is 4. The molecule has 0 atom stereocenters. The monoisotopic (exact) mass is 356 g/mol. The molecular formula is C17H16N4O3S. The molecule has 0 spiro atoms. The number of carbonyl (C=O) groups excluding carboxylic acids is 1. The van der Waals surface area contributed by atoms with Gasteiger partial charge in [0, 0.05) is 23.7 Å². The molecule has 0 aromatic carbocycles. The Morgan fingerprint density at radius 1 is 1.44 bits per heavy atom. The Kier molecular flexibility index (Phi) is 3.96. The van der Waals surface area contributed by atoms with Crippen LogP contribution in [0.3, 0.4) is 0 Å². The lowest BCUT2D eigenvalue weighted by molar-refractivity contribution is 0.0940. The fourth-order valence-electron chi connectivity index (χ4n) is 3.05. The fraction of sp³-hybridized carbons (Fsp3) is 0.294. The number of pyridine rings is 1. The van der Waals surface area contributed by atoms with E-state index in [0.29, 0.717) is 22.6 Å². The minimum atomic E-state index is -0.414. The van der Waals surface area contributed by atoms with Crippen LogP contribution in [0.2, 0.25) is 0 Å². The number of thiophene rings is 1. The lowest BCUT2D eigenvalue weighted by atomic mass is 10.2. The molecule has 0 radical (unpaired) electrons. The third kappa shape index (κ3) is 2.89. The summed E-state index contributed by atoms with van der Waals surface area (Å²) < 4.78 is 5.06. The summed E-state index contributed by atoms with van der Waals surface area (Å²) >= 11 is 1.52. The number of aryl methyl sites for hydroxylation is 2. The number of hydrogen-bond acceptors (Lipinski definition) is 6. The molecule has 3 aromatic heterocycles. The normalized spacial score (nSPS) is 13.0. The molecule has 1 aliphatic carbocycles. The largest absolute Gasteiger partial charge is 0.481 e. The molecule has 1 aliphatic rings. The zero-order valence-electron chi connectivity index (χ0n) is 13.6. The van der Waals surface area contributed by atoms with Crippen molar-refractivity contribution in [1.82, 2.24) is 20.3 Å². The van der Waals surface area contributed by atoms with E-state index in [0.717, 1.165) is 30.4 Å². The first-order valence-corrected chi connectivity index (χ1v) is 8.79. The van der Waals surface area contributed by atoms with Gasteiger partial charge < -0.3 is 15.0 Å². The van der Waals surface area contributed by atoms with Gasteiger partial charge in [0.15, 0.2) is 0 Å². The van der Waals surface area contributed by atoms with Crippen LogP contribution in [-0.2, 0) is 19.4 Å². The number of ether oxygens (including phenoxy) is 1.